The second kappa shape index (κ2) is 5.58. The van der Waals surface area contributed by atoms with Crippen LogP contribution in [-0.4, -0.2) is 20.7 Å². The molecule has 0 fully saturated rings. The zero-order valence-corrected chi connectivity index (χ0v) is 10.6. The van der Waals surface area contributed by atoms with Crippen molar-refractivity contribution >= 4 is 27.5 Å². The lowest BCUT2D eigenvalue weighted by molar-refractivity contribution is -0.116. The van der Waals surface area contributed by atoms with Crippen molar-refractivity contribution < 1.29 is 4.79 Å². The normalized spacial score (nSPS) is 10.2. The average Bonchev–Trinajstić information content (AvgIpc) is 2.82. The number of hydrogen-bond acceptors (Lipinski definition) is 3. The van der Waals surface area contributed by atoms with E-state index in [1.54, 1.807) is 11.0 Å². The Morgan fingerprint density at radius 2 is 2.24 bits per heavy atom. The van der Waals surface area contributed by atoms with E-state index in [1.807, 2.05) is 24.3 Å². The molecule has 0 bridgehead atoms. The van der Waals surface area contributed by atoms with Crippen LogP contribution in [-0.2, 0) is 11.3 Å². The highest BCUT2D eigenvalue weighted by Gasteiger charge is 2.05. The predicted molar refractivity (Wildman–Crippen MR) is 67.4 cm³/mol. The molecule has 0 aliphatic carbocycles. The maximum absolute atomic E-state index is 11.7. The molecule has 0 unspecified atom stereocenters. The van der Waals surface area contributed by atoms with Gasteiger partial charge in [-0.2, -0.15) is 5.10 Å². The Hall–Kier alpha value is -1.69. The summed E-state index contributed by atoms with van der Waals surface area (Å²) in [6.07, 6.45) is 3.40. The Kier molecular flexibility index (Phi) is 3.87. The first-order valence-electron chi connectivity index (χ1n) is 5.12. The third kappa shape index (κ3) is 3.39. The highest BCUT2D eigenvalue weighted by molar-refractivity contribution is 9.10. The number of nitrogens with one attached hydrogen (secondary N) is 1. The van der Waals surface area contributed by atoms with Crippen molar-refractivity contribution in [2.24, 2.45) is 0 Å². The predicted octanol–water partition coefficient (Wildman–Crippen LogP) is 2.07. The van der Waals surface area contributed by atoms with Gasteiger partial charge in [0, 0.05) is 10.9 Å². The van der Waals surface area contributed by atoms with Crippen LogP contribution in [0.15, 0.2) is 41.4 Å². The molecular formula is C11H11BrN4O. The second-order valence-corrected chi connectivity index (χ2v) is 4.29. The summed E-state index contributed by atoms with van der Waals surface area (Å²) in [5.41, 5.74) is 0.774. The van der Waals surface area contributed by atoms with Gasteiger partial charge in [0.15, 0.2) is 0 Å². The maximum Gasteiger partial charge on any atom is 0.226 e. The fourth-order valence-corrected chi connectivity index (χ4v) is 1.72. The van der Waals surface area contributed by atoms with Crippen molar-refractivity contribution in [3.05, 3.63) is 41.4 Å². The number of halogens is 1. The van der Waals surface area contributed by atoms with E-state index in [4.69, 9.17) is 0 Å². The third-order valence-corrected chi connectivity index (χ3v) is 2.87. The summed E-state index contributed by atoms with van der Waals surface area (Å²) in [7, 11) is 0. The summed E-state index contributed by atoms with van der Waals surface area (Å²) in [6.45, 7) is 0.524. The number of nitrogens with zero attached hydrogens (tertiary/aromatic N) is 3. The molecule has 0 aliphatic heterocycles. The molecule has 0 atom stereocenters. The topological polar surface area (TPSA) is 59.8 Å². The summed E-state index contributed by atoms with van der Waals surface area (Å²) in [4.78, 5) is 15.5. The standard InChI is InChI=1S/C11H11BrN4O/c12-9-3-1-2-4-10(9)15-11(17)5-6-16-8-13-7-14-16/h1-4,7-8H,5-6H2,(H,15,17). The molecule has 17 heavy (non-hydrogen) atoms. The maximum atomic E-state index is 11.7. The van der Waals surface area contributed by atoms with Crippen molar-refractivity contribution in [2.45, 2.75) is 13.0 Å². The number of benzene rings is 1. The first kappa shape index (κ1) is 11.8. The average molecular weight is 295 g/mol. The van der Waals surface area contributed by atoms with E-state index in [-0.39, 0.29) is 5.91 Å². The number of aromatic nitrogens is 3. The Balaban J connectivity index is 1.87. The molecule has 2 aromatic rings. The second-order valence-electron chi connectivity index (χ2n) is 3.44. The number of carbonyl (C=O) groups is 1. The van der Waals surface area contributed by atoms with E-state index in [0.717, 1.165) is 10.2 Å². The highest BCUT2D eigenvalue weighted by atomic mass is 79.9. The van der Waals surface area contributed by atoms with Crippen molar-refractivity contribution in [2.75, 3.05) is 5.32 Å². The van der Waals surface area contributed by atoms with Crippen LogP contribution in [0.25, 0.3) is 0 Å². The van der Waals surface area contributed by atoms with Gasteiger partial charge in [-0.25, -0.2) is 4.98 Å². The largest absolute Gasteiger partial charge is 0.325 e. The molecule has 1 aromatic carbocycles. The van der Waals surface area contributed by atoms with E-state index in [1.165, 1.54) is 6.33 Å². The van der Waals surface area contributed by atoms with Gasteiger partial charge in [-0.15, -0.1) is 0 Å². The van der Waals surface area contributed by atoms with Gasteiger partial charge in [0.05, 0.1) is 12.2 Å². The van der Waals surface area contributed by atoms with Gasteiger partial charge in [-0.05, 0) is 28.1 Å². The van der Waals surface area contributed by atoms with Crippen LogP contribution in [0.4, 0.5) is 5.69 Å². The van der Waals surface area contributed by atoms with Crippen molar-refractivity contribution in [3.63, 3.8) is 0 Å². The monoisotopic (exact) mass is 294 g/mol. The zero-order chi connectivity index (χ0) is 12.1. The number of amides is 1. The minimum atomic E-state index is -0.0487. The quantitative estimate of drug-likeness (QED) is 0.939. The number of rotatable bonds is 4. The van der Waals surface area contributed by atoms with E-state index in [2.05, 4.69) is 31.3 Å². The lowest BCUT2D eigenvalue weighted by Crippen LogP contribution is -2.14. The molecule has 1 amide bonds. The van der Waals surface area contributed by atoms with E-state index >= 15 is 0 Å². The summed E-state index contributed by atoms with van der Waals surface area (Å²) in [5, 5.41) is 6.75. The Bertz CT molecular complexity index is 498. The van der Waals surface area contributed by atoms with Crippen LogP contribution in [0.2, 0.25) is 0 Å². The Labute approximate surface area is 107 Å². The number of aryl methyl sites for hydroxylation is 1. The fourth-order valence-electron chi connectivity index (χ4n) is 1.34. The SMILES string of the molecule is O=C(CCn1cncn1)Nc1ccccc1Br. The molecule has 1 N–H and O–H groups in total. The molecular weight excluding hydrogens is 284 g/mol. The first-order chi connectivity index (χ1) is 8.25. The number of para-hydroxylation sites is 1. The van der Waals surface area contributed by atoms with Crippen molar-refractivity contribution in [1.29, 1.82) is 0 Å². The van der Waals surface area contributed by atoms with Gasteiger partial charge in [0.1, 0.15) is 12.7 Å². The third-order valence-electron chi connectivity index (χ3n) is 2.18. The summed E-state index contributed by atoms with van der Waals surface area (Å²) >= 11 is 3.37. The fraction of sp³-hybridized carbons (Fsp3) is 0.182. The smallest absolute Gasteiger partial charge is 0.226 e. The molecule has 88 valence electrons. The van der Waals surface area contributed by atoms with Crippen LogP contribution in [0, 0.1) is 0 Å². The number of anilines is 1. The van der Waals surface area contributed by atoms with E-state index in [9.17, 15) is 4.79 Å². The number of hydrogen-bond donors (Lipinski definition) is 1. The molecule has 1 heterocycles. The molecule has 2 rings (SSSR count). The van der Waals surface area contributed by atoms with Crippen LogP contribution in [0.3, 0.4) is 0 Å². The van der Waals surface area contributed by atoms with Gasteiger partial charge in [0.25, 0.3) is 0 Å². The van der Waals surface area contributed by atoms with Crippen LogP contribution >= 0.6 is 15.9 Å². The first-order valence-corrected chi connectivity index (χ1v) is 5.92. The van der Waals surface area contributed by atoms with Crippen LogP contribution in [0.1, 0.15) is 6.42 Å². The molecule has 5 nitrogen and oxygen atoms in total. The van der Waals surface area contributed by atoms with Crippen LogP contribution < -0.4 is 5.32 Å². The molecule has 0 spiro atoms. The number of carbonyl (C=O) groups excluding carboxylic acids is 1. The van der Waals surface area contributed by atoms with Gasteiger partial charge in [0.2, 0.25) is 5.91 Å². The van der Waals surface area contributed by atoms with Crippen molar-refractivity contribution in [1.82, 2.24) is 14.8 Å². The molecule has 0 radical (unpaired) electrons. The minimum absolute atomic E-state index is 0.0487. The van der Waals surface area contributed by atoms with E-state index in [0.29, 0.717) is 13.0 Å². The molecule has 6 heteroatoms. The molecule has 1 aromatic heterocycles. The minimum Gasteiger partial charge on any atom is -0.325 e. The lowest BCUT2D eigenvalue weighted by atomic mass is 10.3. The summed E-state index contributed by atoms with van der Waals surface area (Å²) in [5.74, 6) is -0.0487. The molecule has 0 saturated carbocycles. The highest BCUT2D eigenvalue weighted by Crippen LogP contribution is 2.21. The molecule has 0 aliphatic rings. The van der Waals surface area contributed by atoms with Crippen LogP contribution in [0.5, 0.6) is 0 Å². The molecule has 0 saturated heterocycles. The van der Waals surface area contributed by atoms with Gasteiger partial charge in [-0.3, -0.25) is 9.48 Å². The van der Waals surface area contributed by atoms with Gasteiger partial charge in [-0.1, -0.05) is 12.1 Å². The zero-order valence-electron chi connectivity index (χ0n) is 9.01. The Morgan fingerprint density at radius 1 is 1.41 bits per heavy atom. The van der Waals surface area contributed by atoms with Crippen molar-refractivity contribution in [3.8, 4) is 0 Å². The summed E-state index contributed by atoms with van der Waals surface area (Å²) < 4.78 is 2.49. The Morgan fingerprint density at radius 3 is 2.94 bits per heavy atom. The lowest BCUT2D eigenvalue weighted by Gasteiger charge is -2.06. The van der Waals surface area contributed by atoms with E-state index < -0.39 is 0 Å². The summed E-state index contributed by atoms with van der Waals surface area (Å²) in [6, 6.07) is 7.50. The van der Waals surface area contributed by atoms with Gasteiger partial charge >= 0.3 is 0 Å². The van der Waals surface area contributed by atoms with Gasteiger partial charge < -0.3 is 5.32 Å².